The first kappa shape index (κ1) is 21.8. The van der Waals surface area contributed by atoms with Crippen molar-refractivity contribution < 1.29 is 19.8 Å². The molecule has 2 aromatic rings. The lowest BCUT2D eigenvalue weighted by Crippen LogP contribution is -2.35. The number of nitrogens with zero attached hydrogens (tertiary/aromatic N) is 1. The van der Waals surface area contributed by atoms with Crippen LogP contribution in [0.5, 0.6) is 0 Å². The summed E-state index contributed by atoms with van der Waals surface area (Å²) in [7, 11) is 0. The number of carbonyl (C=O) groups is 2. The van der Waals surface area contributed by atoms with E-state index in [9.17, 15) is 19.8 Å². The lowest BCUT2D eigenvalue weighted by Gasteiger charge is -2.27. The fourth-order valence-corrected chi connectivity index (χ4v) is 3.73. The Morgan fingerprint density at radius 2 is 1.60 bits per heavy atom. The molecular weight excluding hydrogens is 378 g/mol. The molecule has 0 aliphatic carbocycles. The summed E-state index contributed by atoms with van der Waals surface area (Å²) in [6.07, 6.45) is -0.807. The quantitative estimate of drug-likeness (QED) is 0.455. The summed E-state index contributed by atoms with van der Waals surface area (Å²) in [5, 5.41) is 20.9. The van der Waals surface area contributed by atoms with Crippen LogP contribution in [0.4, 0.5) is 0 Å². The van der Waals surface area contributed by atoms with Gasteiger partial charge in [-0.2, -0.15) is 0 Å². The summed E-state index contributed by atoms with van der Waals surface area (Å²) in [5.41, 5.74) is 3.35. The molecule has 3 rings (SSSR count). The minimum Gasteiger partial charge on any atom is -0.507 e. The Balaban J connectivity index is 2.16. The molecule has 2 aromatic carbocycles. The summed E-state index contributed by atoms with van der Waals surface area (Å²) in [4.78, 5) is 27.0. The highest BCUT2D eigenvalue weighted by Crippen LogP contribution is 2.40. The molecule has 0 bridgehead atoms. The SMILES string of the molecule is Cc1ccc(/C(O)=C2\C(=O)C(=O)N(CC(C)O)C2c2ccc(C(C)(C)C)cc2)cc1. The summed E-state index contributed by atoms with van der Waals surface area (Å²) < 4.78 is 0. The number of carbonyl (C=O) groups excluding carboxylic acids is 2. The molecule has 2 atom stereocenters. The Bertz CT molecular complexity index is 979. The van der Waals surface area contributed by atoms with Gasteiger partial charge in [0.05, 0.1) is 17.7 Å². The van der Waals surface area contributed by atoms with Crippen molar-refractivity contribution in [2.45, 2.75) is 52.2 Å². The van der Waals surface area contributed by atoms with Crippen LogP contribution in [0.3, 0.4) is 0 Å². The molecule has 158 valence electrons. The standard InChI is InChI=1S/C25H29NO4/c1-15-6-8-18(9-7-15)22(28)20-21(26(14-16(2)27)24(30)23(20)29)17-10-12-19(13-11-17)25(3,4)5/h6-13,16,21,27-28H,14H2,1-5H3/b22-20+. The Hall–Kier alpha value is -2.92. The average Bonchev–Trinajstić information content (AvgIpc) is 2.92. The number of Topliss-reactive ketones (excluding diaryl/α,β-unsaturated/α-hetero) is 1. The van der Waals surface area contributed by atoms with Crippen LogP contribution in [0, 0.1) is 6.92 Å². The molecular formula is C25H29NO4. The number of aryl methyl sites for hydroxylation is 1. The largest absolute Gasteiger partial charge is 0.507 e. The van der Waals surface area contributed by atoms with Crippen LogP contribution in [0.2, 0.25) is 0 Å². The van der Waals surface area contributed by atoms with Gasteiger partial charge in [-0.25, -0.2) is 0 Å². The molecule has 5 heteroatoms. The average molecular weight is 408 g/mol. The first-order valence-corrected chi connectivity index (χ1v) is 10.1. The third kappa shape index (κ3) is 4.17. The zero-order valence-corrected chi connectivity index (χ0v) is 18.1. The molecule has 0 aromatic heterocycles. The van der Waals surface area contributed by atoms with Crippen LogP contribution in [0.25, 0.3) is 5.76 Å². The zero-order chi connectivity index (χ0) is 22.2. The van der Waals surface area contributed by atoms with Crippen molar-refractivity contribution in [2.75, 3.05) is 6.54 Å². The van der Waals surface area contributed by atoms with Gasteiger partial charge in [-0.3, -0.25) is 9.59 Å². The van der Waals surface area contributed by atoms with E-state index in [2.05, 4.69) is 20.8 Å². The normalized spacial score (nSPS) is 19.9. The molecule has 1 saturated heterocycles. The van der Waals surface area contributed by atoms with Crippen molar-refractivity contribution in [2.24, 2.45) is 0 Å². The van der Waals surface area contributed by atoms with Gasteiger partial charge < -0.3 is 15.1 Å². The first-order chi connectivity index (χ1) is 14.0. The zero-order valence-electron chi connectivity index (χ0n) is 18.1. The summed E-state index contributed by atoms with van der Waals surface area (Å²) >= 11 is 0. The molecule has 0 radical (unpaired) electrons. The van der Waals surface area contributed by atoms with Crippen LogP contribution in [0.1, 0.15) is 56.0 Å². The maximum Gasteiger partial charge on any atom is 0.295 e. The highest BCUT2D eigenvalue weighted by Gasteiger charge is 2.46. The van der Waals surface area contributed by atoms with Gasteiger partial charge >= 0.3 is 0 Å². The summed E-state index contributed by atoms with van der Waals surface area (Å²) in [6.45, 7) is 9.83. The predicted octanol–water partition coefficient (Wildman–Crippen LogP) is 4.10. The van der Waals surface area contributed by atoms with Crippen molar-refractivity contribution in [3.63, 3.8) is 0 Å². The predicted molar refractivity (Wildman–Crippen MR) is 117 cm³/mol. The molecule has 0 spiro atoms. The van der Waals surface area contributed by atoms with Crippen LogP contribution in [-0.4, -0.2) is 39.5 Å². The van der Waals surface area contributed by atoms with E-state index in [0.717, 1.165) is 16.7 Å². The Labute approximate surface area is 177 Å². The van der Waals surface area contributed by atoms with Crippen molar-refractivity contribution in [1.29, 1.82) is 0 Å². The molecule has 2 unspecified atom stereocenters. The second kappa shape index (κ2) is 8.07. The van der Waals surface area contributed by atoms with Crippen molar-refractivity contribution in [3.05, 3.63) is 76.4 Å². The number of benzene rings is 2. The molecule has 1 heterocycles. The van der Waals surface area contributed by atoms with Gasteiger partial charge in [0.25, 0.3) is 11.7 Å². The van der Waals surface area contributed by atoms with Crippen LogP contribution in [-0.2, 0) is 15.0 Å². The molecule has 1 amide bonds. The van der Waals surface area contributed by atoms with Crippen molar-refractivity contribution in [3.8, 4) is 0 Å². The van der Waals surface area contributed by atoms with E-state index in [1.165, 1.54) is 4.90 Å². The van der Waals surface area contributed by atoms with E-state index in [0.29, 0.717) is 5.56 Å². The number of hydrogen-bond acceptors (Lipinski definition) is 4. The van der Waals surface area contributed by atoms with E-state index in [1.807, 2.05) is 43.3 Å². The highest BCUT2D eigenvalue weighted by molar-refractivity contribution is 6.46. The topological polar surface area (TPSA) is 77.8 Å². The highest BCUT2D eigenvalue weighted by atomic mass is 16.3. The number of aliphatic hydroxyl groups excluding tert-OH is 2. The van der Waals surface area contributed by atoms with Gasteiger partial charge in [0.2, 0.25) is 0 Å². The number of likely N-dealkylation sites (tertiary alicyclic amines) is 1. The number of rotatable bonds is 4. The van der Waals surface area contributed by atoms with Crippen LogP contribution >= 0.6 is 0 Å². The maximum absolute atomic E-state index is 12.9. The lowest BCUT2D eigenvalue weighted by atomic mass is 9.85. The van der Waals surface area contributed by atoms with Gasteiger partial charge in [-0.1, -0.05) is 74.9 Å². The monoisotopic (exact) mass is 407 g/mol. The van der Waals surface area contributed by atoms with Gasteiger partial charge in [-0.05, 0) is 30.4 Å². The van der Waals surface area contributed by atoms with Gasteiger partial charge in [-0.15, -0.1) is 0 Å². The van der Waals surface area contributed by atoms with Crippen molar-refractivity contribution in [1.82, 2.24) is 4.90 Å². The lowest BCUT2D eigenvalue weighted by molar-refractivity contribution is -0.140. The fourth-order valence-electron chi connectivity index (χ4n) is 3.73. The van der Waals surface area contributed by atoms with E-state index in [-0.39, 0.29) is 23.3 Å². The molecule has 1 aliphatic rings. The van der Waals surface area contributed by atoms with Gasteiger partial charge in [0.15, 0.2) is 0 Å². The minimum absolute atomic E-state index is 0.000933. The summed E-state index contributed by atoms with van der Waals surface area (Å²) in [5.74, 6) is -1.65. The maximum atomic E-state index is 12.9. The molecule has 30 heavy (non-hydrogen) atoms. The Morgan fingerprint density at radius 3 is 2.10 bits per heavy atom. The second-order valence-corrected chi connectivity index (χ2v) is 9.04. The molecule has 2 N–H and O–H groups in total. The van der Waals surface area contributed by atoms with E-state index in [4.69, 9.17) is 0 Å². The number of hydrogen-bond donors (Lipinski definition) is 2. The molecule has 1 aliphatic heterocycles. The molecule has 0 saturated carbocycles. The van der Waals surface area contributed by atoms with Crippen molar-refractivity contribution >= 4 is 17.4 Å². The molecule has 5 nitrogen and oxygen atoms in total. The van der Waals surface area contributed by atoms with E-state index in [1.54, 1.807) is 19.1 Å². The third-order valence-electron chi connectivity index (χ3n) is 5.42. The third-order valence-corrected chi connectivity index (χ3v) is 5.42. The van der Waals surface area contributed by atoms with Crippen LogP contribution in [0.15, 0.2) is 54.1 Å². The second-order valence-electron chi connectivity index (χ2n) is 9.04. The Morgan fingerprint density at radius 1 is 1.03 bits per heavy atom. The number of ketones is 1. The first-order valence-electron chi connectivity index (χ1n) is 10.1. The molecule has 1 fully saturated rings. The minimum atomic E-state index is -0.807. The number of aliphatic hydroxyl groups is 2. The number of β-amino-alcohol motifs (C(OH)–C–C–N with tert-alkyl or cyclic N) is 1. The van der Waals surface area contributed by atoms with Crippen LogP contribution < -0.4 is 0 Å². The fraction of sp³-hybridized carbons (Fsp3) is 0.360. The van der Waals surface area contributed by atoms with E-state index >= 15 is 0 Å². The Kier molecular flexibility index (Phi) is 5.86. The number of amides is 1. The smallest absolute Gasteiger partial charge is 0.295 e. The summed E-state index contributed by atoms with van der Waals surface area (Å²) in [6, 6.07) is 14.1. The van der Waals surface area contributed by atoms with Gasteiger partial charge in [0, 0.05) is 12.1 Å². The van der Waals surface area contributed by atoms with Gasteiger partial charge in [0.1, 0.15) is 5.76 Å². The van der Waals surface area contributed by atoms with E-state index < -0.39 is 23.8 Å².